The van der Waals surface area contributed by atoms with Crippen LogP contribution in [0.15, 0.2) is 24.3 Å². The van der Waals surface area contributed by atoms with Gasteiger partial charge in [0.2, 0.25) is 11.8 Å². The fourth-order valence-corrected chi connectivity index (χ4v) is 3.82. The highest BCUT2D eigenvalue weighted by Crippen LogP contribution is 2.39. The lowest BCUT2D eigenvalue weighted by molar-refractivity contribution is -0.149. The van der Waals surface area contributed by atoms with Gasteiger partial charge in [0.15, 0.2) is 0 Å². The summed E-state index contributed by atoms with van der Waals surface area (Å²) in [7, 11) is 0. The summed E-state index contributed by atoms with van der Waals surface area (Å²) in [5.41, 5.74) is 0.789. The maximum atomic E-state index is 12.9. The zero-order valence-corrected chi connectivity index (χ0v) is 15.4. The molecule has 1 unspecified atom stereocenters. The van der Waals surface area contributed by atoms with Gasteiger partial charge in [-0.05, 0) is 31.2 Å². The molecule has 1 aromatic carbocycles. The van der Waals surface area contributed by atoms with Crippen LogP contribution < -0.4 is 10.6 Å². The molecule has 5 heteroatoms. The van der Waals surface area contributed by atoms with E-state index in [1.807, 2.05) is 38.1 Å². The van der Waals surface area contributed by atoms with Gasteiger partial charge in [-0.15, -0.1) is 0 Å². The Morgan fingerprint density at radius 1 is 1.04 bits per heavy atom. The fourth-order valence-electron chi connectivity index (χ4n) is 3.82. The van der Waals surface area contributed by atoms with Gasteiger partial charge in [-0.2, -0.15) is 0 Å². The third-order valence-corrected chi connectivity index (χ3v) is 5.18. The van der Waals surface area contributed by atoms with Gasteiger partial charge in [-0.25, -0.2) is 4.79 Å². The Hall–Kier alpha value is -2.17. The number of aryl methyl sites for hydroxylation is 1. The summed E-state index contributed by atoms with van der Waals surface area (Å²) in [4.78, 5) is 37.3. The van der Waals surface area contributed by atoms with Crippen molar-refractivity contribution in [3.05, 3.63) is 35.4 Å². The van der Waals surface area contributed by atoms with E-state index >= 15 is 0 Å². The molecule has 1 saturated heterocycles. The van der Waals surface area contributed by atoms with E-state index in [-0.39, 0.29) is 5.92 Å². The summed E-state index contributed by atoms with van der Waals surface area (Å²) in [6.45, 7) is 6.12. The van der Waals surface area contributed by atoms with Crippen LogP contribution in [0.5, 0.6) is 0 Å². The van der Waals surface area contributed by atoms with Crippen molar-refractivity contribution >= 4 is 17.8 Å². The van der Waals surface area contributed by atoms with E-state index in [1.165, 1.54) is 0 Å². The summed E-state index contributed by atoms with van der Waals surface area (Å²) < 4.78 is 0. The Balaban J connectivity index is 2.40. The molecule has 2 rings (SSSR count). The van der Waals surface area contributed by atoms with Crippen LogP contribution in [0.3, 0.4) is 0 Å². The van der Waals surface area contributed by atoms with Crippen LogP contribution >= 0.6 is 0 Å². The minimum absolute atomic E-state index is 0.104. The van der Waals surface area contributed by atoms with Crippen molar-refractivity contribution in [1.29, 1.82) is 0 Å². The zero-order chi connectivity index (χ0) is 18.4. The number of hydrogen-bond acceptors (Lipinski definition) is 3. The predicted octanol–water partition coefficient (Wildman–Crippen LogP) is 3.50. The van der Waals surface area contributed by atoms with E-state index in [2.05, 4.69) is 17.6 Å². The first-order valence-corrected chi connectivity index (χ1v) is 9.16. The molecule has 0 spiro atoms. The van der Waals surface area contributed by atoms with Crippen molar-refractivity contribution in [1.82, 2.24) is 10.6 Å². The molecular weight excluding hydrogens is 316 g/mol. The minimum Gasteiger partial charge on any atom is -0.277 e. The van der Waals surface area contributed by atoms with Gasteiger partial charge in [0, 0.05) is 0 Å². The summed E-state index contributed by atoms with van der Waals surface area (Å²) in [5, 5.41) is 4.66. The first-order chi connectivity index (χ1) is 11.9. The molecule has 1 heterocycles. The minimum atomic E-state index is -1.23. The van der Waals surface area contributed by atoms with Crippen LogP contribution in [0.2, 0.25) is 0 Å². The van der Waals surface area contributed by atoms with Crippen molar-refractivity contribution in [2.45, 2.75) is 59.3 Å². The molecule has 0 bridgehead atoms. The Morgan fingerprint density at radius 3 is 2.28 bits per heavy atom. The van der Waals surface area contributed by atoms with Gasteiger partial charge in [0.25, 0.3) is 0 Å². The van der Waals surface area contributed by atoms with E-state index in [9.17, 15) is 14.4 Å². The molecule has 2 N–H and O–H groups in total. The molecule has 1 aromatic rings. The lowest BCUT2D eigenvalue weighted by Gasteiger charge is -2.40. The van der Waals surface area contributed by atoms with Crippen molar-refractivity contribution in [3.8, 4) is 0 Å². The van der Waals surface area contributed by atoms with Crippen molar-refractivity contribution in [2.24, 2.45) is 11.3 Å². The van der Waals surface area contributed by atoms with Gasteiger partial charge >= 0.3 is 6.03 Å². The molecule has 0 aliphatic carbocycles. The van der Waals surface area contributed by atoms with Crippen LogP contribution in [0, 0.1) is 18.3 Å². The molecule has 5 nitrogen and oxygen atoms in total. The van der Waals surface area contributed by atoms with Gasteiger partial charge in [-0.3, -0.25) is 20.2 Å². The van der Waals surface area contributed by atoms with Crippen LogP contribution in [0.25, 0.3) is 0 Å². The number of unbranched alkanes of at least 4 members (excludes halogenated alkanes) is 2. The van der Waals surface area contributed by atoms with Crippen molar-refractivity contribution in [2.75, 3.05) is 0 Å². The van der Waals surface area contributed by atoms with Gasteiger partial charge in [-0.1, -0.05) is 69.4 Å². The SMILES string of the molecule is CCCCCC(CC)C1(Cc2cccc(C)c2)C(=O)NC(=O)NC1=O. The first-order valence-electron chi connectivity index (χ1n) is 9.16. The number of barbiturate groups is 1. The summed E-state index contributed by atoms with van der Waals surface area (Å²) >= 11 is 0. The molecule has 1 aliphatic rings. The number of amides is 4. The molecule has 1 atom stereocenters. The molecule has 0 aromatic heterocycles. The normalized spacial score (nSPS) is 17.8. The molecule has 1 aliphatic heterocycles. The maximum absolute atomic E-state index is 12.9. The van der Waals surface area contributed by atoms with Gasteiger partial charge in [0.05, 0.1) is 0 Å². The average molecular weight is 344 g/mol. The predicted molar refractivity (Wildman–Crippen MR) is 96.9 cm³/mol. The van der Waals surface area contributed by atoms with Crippen molar-refractivity contribution in [3.63, 3.8) is 0 Å². The van der Waals surface area contributed by atoms with E-state index < -0.39 is 23.3 Å². The standard InChI is InChI=1S/C20H28N2O3/c1-4-6-7-11-16(5-2)20(13-15-10-8-9-14(3)12-15)17(23)21-19(25)22-18(20)24/h8-10,12,16H,4-7,11,13H2,1-3H3,(H2,21,22,23,24,25). The fraction of sp³-hybridized carbons (Fsp3) is 0.550. The number of hydrogen-bond donors (Lipinski definition) is 2. The number of benzene rings is 1. The maximum Gasteiger partial charge on any atom is 0.328 e. The summed E-state index contributed by atoms with van der Waals surface area (Å²) in [5.74, 6) is -1.04. The molecule has 4 amide bonds. The third-order valence-electron chi connectivity index (χ3n) is 5.18. The lowest BCUT2D eigenvalue weighted by atomic mass is 9.66. The number of nitrogens with one attached hydrogen (secondary N) is 2. The molecule has 25 heavy (non-hydrogen) atoms. The number of carbonyl (C=O) groups excluding carboxylic acids is 3. The number of urea groups is 1. The second-order valence-electron chi connectivity index (χ2n) is 6.98. The first kappa shape index (κ1) is 19.2. The Labute approximate surface area is 149 Å². The average Bonchev–Trinajstić information content (AvgIpc) is 2.55. The molecular formula is C20H28N2O3. The Kier molecular flexibility index (Phi) is 6.34. The van der Waals surface area contributed by atoms with Crippen molar-refractivity contribution < 1.29 is 14.4 Å². The molecule has 136 valence electrons. The number of carbonyl (C=O) groups is 3. The number of imide groups is 2. The second kappa shape index (κ2) is 8.28. The highest BCUT2D eigenvalue weighted by atomic mass is 16.2. The highest BCUT2D eigenvalue weighted by Gasteiger charge is 2.54. The van der Waals surface area contributed by atoms with Crippen LogP contribution in [0.1, 0.15) is 57.1 Å². The highest BCUT2D eigenvalue weighted by molar-refractivity contribution is 6.19. The molecule has 0 radical (unpaired) electrons. The molecule has 1 fully saturated rings. The molecule has 0 saturated carbocycles. The second-order valence-corrected chi connectivity index (χ2v) is 6.98. The quantitative estimate of drug-likeness (QED) is 0.560. The van der Waals surface area contributed by atoms with E-state index in [0.717, 1.165) is 36.8 Å². The van der Waals surface area contributed by atoms with Crippen LogP contribution in [-0.4, -0.2) is 17.8 Å². The monoisotopic (exact) mass is 344 g/mol. The smallest absolute Gasteiger partial charge is 0.277 e. The van der Waals surface area contributed by atoms with E-state index in [1.54, 1.807) is 0 Å². The summed E-state index contributed by atoms with van der Waals surface area (Å²) in [6.07, 6.45) is 4.94. The zero-order valence-electron chi connectivity index (χ0n) is 15.4. The Morgan fingerprint density at radius 2 is 1.72 bits per heavy atom. The van der Waals surface area contributed by atoms with Gasteiger partial charge < -0.3 is 0 Å². The third kappa shape index (κ3) is 4.09. The summed E-state index contributed by atoms with van der Waals surface area (Å²) in [6, 6.07) is 7.12. The van der Waals surface area contributed by atoms with E-state index in [0.29, 0.717) is 12.8 Å². The Bertz CT molecular complexity index is 634. The largest absolute Gasteiger partial charge is 0.328 e. The topological polar surface area (TPSA) is 75.3 Å². The van der Waals surface area contributed by atoms with Gasteiger partial charge in [0.1, 0.15) is 5.41 Å². The van der Waals surface area contributed by atoms with E-state index in [4.69, 9.17) is 0 Å². The van der Waals surface area contributed by atoms with Crippen LogP contribution in [-0.2, 0) is 16.0 Å². The van der Waals surface area contributed by atoms with Crippen LogP contribution in [0.4, 0.5) is 4.79 Å². The lowest BCUT2D eigenvalue weighted by Crippen LogP contribution is -2.65. The number of rotatable bonds is 8.